The Kier molecular flexibility index (Phi) is 3.85. The lowest BCUT2D eigenvalue weighted by Gasteiger charge is -2.14. The van der Waals surface area contributed by atoms with E-state index in [0.29, 0.717) is 37.3 Å². The highest BCUT2D eigenvalue weighted by molar-refractivity contribution is 6.01. The Morgan fingerprint density at radius 3 is 2.80 bits per heavy atom. The van der Waals surface area contributed by atoms with Gasteiger partial charge in [-0.15, -0.1) is 0 Å². The zero-order valence-corrected chi connectivity index (χ0v) is 13.4. The fourth-order valence-electron chi connectivity index (χ4n) is 2.91. The molecule has 1 saturated heterocycles. The largest absolute Gasteiger partial charge is 0.340 e. The molecular weight excluding hydrogens is 320 g/mol. The van der Waals surface area contributed by atoms with E-state index in [9.17, 15) is 9.59 Å². The third-order valence-corrected chi connectivity index (χ3v) is 4.19. The van der Waals surface area contributed by atoms with Crippen LogP contribution in [0.4, 0.5) is 11.5 Å². The summed E-state index contributed by atoms with van der Waals surface area (Å²) in [6.07, 6.45) is 4.31. The molecule has 1 aliphatic heterocycles. The zero-order valence-electron chi connectivity index (χ0n) is 13.4. The van der Waals surface area contributed by atoms with Crippen molar-refractivity contribution in [3.8, 4) is 0 Å². The van der Waals surface area contributed by atoms with Crippen LogP contribution in [-0.4, -0.2) is 43.2 Å². The molecule has 4 rings (SSSR count). The second kappa shape index (κ2) is 6.31. The van der Waals surface area contributed by atoms with Crippen LogP contribution in [0.3, 0.4) is 0 Å². The molecule has 25 heavy (non-hydrogen) atoms. The molecule has 3 aromatic rings. The van der Waals surface area contributed by atoms with Crippen molar-refractivity contribution in [2.45, 2.75) is 19.3 Å². The summed E-state index contributed by atoms with van der Waals surface area (Å²) in [6.45, 7) is 0.416. The van der Waals surface area contributed by atoms with E-state index in [4.69, 9.17) is 0 Å². The number of likely N-dealkylation sites (tertiary alicyclic amines) is 1. The van der Waals surface area contributed by atoms with Crippen LogP contribution in [-0.2, 0) is 16.0 Å². The maximum absolute atomic E-state index is 11.7. The number of benzene rings is 1. The number of carbonyl (C=O) groups excluding carboxylic acids is 2. The molecule has 0 aliphatic carbocycles. The van der Waals surface area contributed by atoms with E-state index in [0.717, 1.165) is 16.8 Å². The molecule has 1 aliphatic rings. The SMILES string of the molecule is O=C1CCC(=O)N1CCc1cccc(Nc2ncnc3nc[nH]c23)c1. The molecule has 8 nitrogen and oxygen atoms in total. The first-order chi connectivity index (χ1) is 12.2. The van der Waals surface area contributed by atoms with Gasteiger partial charge in [-0.1, -0.05) is 12.1 Å². The molecule has 0 radical (unpaired) electrons. The lowest BCUT2D eigenvalue weighted by Crippen LogP contribution is -2.31. The van der Waals surface area contributed by atoms with Crippen molar-refractivity contribution in [1.29, 1.82) is 0 Å². The van der Waals surface area contributed by atoms with Crippen molar-refractivity contribution in [2.75, 3.05) is 11.9 Å². The van der Waals surface area contributed by atoms with Crippen LogP contribution in [0, 0.1) is 0 Å². The summed E-state index contributed by atoms with van der Waals surface area (Å²) in [5.41, 5.74) is 3.24. The average molecular weight is 336 g/mol. The molecule has 126 valence electrons. The van der Waals surface area contributed by atoms with Gasteiger partial charge in [0.15, 0.2) is 11.5 Å². The first kappa shape index (κ1) is 15.3. The summed E-state index contributed by atoms with van der Waals surface area (Å²) in [7, 11) is 0. The Hall–Kier alpha value is -3.29. The second-order valence-electron chi connectivity index (χ2n) is 5.84. The predicted molar refractivity (Wildman–Crippen MR) is 91.1 cm³/mol. The quantitative estimate of drug-likeness (QED) is 0.688. The fraction of sp³-hybridized carbons (Fsp3) is 0.235. The molecular formula is C17H16N6O2. The van der Waals surface area contributed by atoms with E-state index in [1.54, 1.807) is 6.33 Å². The number of rotatable bonds is 5. The van der Waals surface area contributed by atoms with E-state index in [2.05, 4.69) is 25.3 Å². The van der Waals surface area contributed by atoms with Crippen LogP contribution in [0.15, 0.2) is 36.9 Å². The average Bonchev–Trinajstić information content (AvgIpc) is 3.21. The van der Waals surface area contributed by atoms with Crippen LogP contribution < -0.4 is 5.32 Å². The number of aromatic nitrogens is 4. The van der Waals surface area contributed by atoms with Gasteiger partial charge < -0.3 is 10.3 Å². The van der Waals surface area contributed by atoms with Crippen LogP contribution in [0.2, 0.25) is 0 Å². The molecule has 1 aromatic carbocycles. The molecule has 3 heterocycles. The highest BCUT2D eigenvalue weighted by Crippen LogP contribution is 2.21. The third-order valence-electron chi connectivity index (χ3n) is 4.19. The number of imide groups is 1. The molecule has 0 unspecified atom stereocenters. The molecule has 0 spiro atoms. The van der Waals surface area contributed by atoms with Gasteiger partial charge in [0, 0.05) is 25.1 Å². The van der Waals surface area contributed by atoms with Crippen molar-refractivity contribution >= 4 is 34.5 Å². The van der Waals surface area contributed by atoms with E-state index < -0.39 is 0 Å². The van der Waals surface area contributed by atoms with Gasteiger partial charge in [-0.3, -0.25) is 14.5 Å². The van der Waals surface area contributed by atoms with Crippen molar-refractivity contribution in [1.82, 2.24) is 24.8 Å². The summed E-state index contributed by atoms with van der Waals surface area (Å²) in [5.74, 6) is 0.480. The topological polar surface area (TPSA) is 104 Å². The van der Waals surface area contributed by atoms with Crippen LogP contribution in [0.1, 0.15) is 18.4 Å². The maximum Gasteiger partial charge on any atom is 0.229 e. The summed E-state index contributed by atoms with van der Waals surface area (Å²) in [6, 6.07) is 7.81. The Bertz CT molecular complexity index is 935. The fourth-order valence-corrected chi connectivity index (χ4v) is 2.91. The Balaban J connectivity index is 1.49. The van der Waals surface area contributed by atoms with E-state index in [-0.39, 0.29) is 11.8 Å². The normalized spacial score (nSPS) is 14.5. The number of anilines is 2. The molecule has 2 amide bonds. The number of hydrogen-bond acceptors (Lipinski definition) is 6. The van der Waals surface area contributed by atoms with Gasteiger partial charge in [-0.2, -0.15) is 0 Å². The van der Waals surface area contributed by atoms with E-state index in [1.807, 2.05) is 24.3 Å². The number of hydrogen-bond donors (Lipinski definition) is 2. The van der Waals surface area contributed by atoms with Crippen LogP contribution in [0.5, 0.6) is 0 Å². The molecule has 2 N–H and O–H groups in total. The van der Waals surface area contributed by atoms with Crippen molar-refractivity contribution in [2.24, 2.45) is 0 Å². The summed E-state index contributed by atoms with van der Waals surface area (Å²) >= 11 is 0. The lowest BCUT2D eigenvalue weighted by atomic mass is 10.1. The number of nitrogens with one attached hydrogen (secondary N) is 2. The van der Waals surface area contributed by atoms with Crippen LogP contribution in [0.25, 0.3) is 11.2 Å². The smallest absolute Gasteiger partial charge is 0.229 e. The van der Waals surface area contributed by atoms with Gasteiger partial charge in [-0.05, 0) is 24.1 Å². The van der Waals surface area contributed by atoms with Crippen molar-refractivity contribution in [3.05, 3.63) is 42.5 Å². The van der Waals surface area contributed by atoms with Gasteiger partial charge in [0.2, 0.25) is 11.8 Å². The number of carbonyl (C=O) groups is 2. The summed E-state index contributed by atoms with van der Waals surface area (Å²) in [5, 5.41) is 3.25. The number of amides is 2. The third kappa shape index (κ3) is 3.06. The number of nitrogens with zero attached hydrogens (tertiary/aromatic N) is 4. The van der Waals surface area contributed by atoms with Gasteiger partial charge in [0.1, 0.15) is 11.8 Å². The lowest BCUT2D eigenvalue weighted by molar-refractivity contribution is -0.138. The van der Waals surface area contributed by atoms with Crippen LogP contribution >= 0.6 is 0 Å². The monoisotopic (exact) mass is 336 g/mol. The van der Waals surface area contributed by atoms with Gasteiger partial charge in [0.05, 0.1) is 6.33 Å². The first-order valence-corrected chi connectivity index (χ1v) is 8.04. The molecule has 0 bridgehead atoms. The Morgan fingerprint density at radius 2 is 1.96 bits per heavy atom. The summed E-state index contributed by atoms with van der Waals surface area (Å²) < 4.78 is 0. The van der Waals surface area contributed by atoms with Gasteiger partial charge in [0.25, 0.3) is 0 Å². The minimum Gasteiger partial charge on any atom is -0.340 e. The first-order valence-electron chi connectivity index (χ1n) is 8.04. The van der Waals surface area contributed by atoms with Gasteiger partial charge in [-0.25, -0.2) is 15.0 Å². The molecule has 1 fully saturated rings. The van der Waals surface area contributed by atoms with E-state index in [1.165, 1.54) is 11.2 Å². The Labute approximate surface area is 143 Å². The number of fused-ring (bicyclic) bond motifs is 1. The second-order valence-corrected chi connectivity index (χ2v) is 5.84. The van der Waals surface area contributed by atoms with Crippen molar-refractivity contribution in [3.63, 3.8) is 0 Å². The number of H-pyrrole nitrogens is 1. The van der Waals surface area contributed by atoms with Crippen molar-refractivity contribution < 1.29 is 9.59 Å². The highest BCUT2D eigenvalue weighted by atomic mass is 16.2. The Morgan fingerprint density at radius 1 is 1.12 bits per heavy atom. The standard InChI is InChI=1S/C17H16N6O2/c24-13-4-5-14(25)23(13)7-6-11-2-1-3-12(8-11)22-17-15-16(19-9-18-15)20-10-21-17/h1-3,8-10H,4-7H2,(H2,18,19,20,21,22). The highest BCUT2D eigenvalue weighted by Gasteiger charge is 2.28. The van der Waals surface area contributed by atoms with Gasteiger partial charge >= 0.3 is 0 Å². The predicted octanol–water partition coefficient (Wildman–Crippen LogP) is 1.79. The number of aromatic amines is 1. The van der Waals surface area contributed by atoms with E-state index >= 15 is 0 Å². The minimum absolute atomic E-state index is 0.0816. The molecule has 0 atom stereocenters. The zero-order chi connectivity index (χ0) is 17.2. The molecule has 2 aromatic heterocycles. The maximum atomic E-state index is 11.7. The molecule has 8 heteroatoms. The molecule has 0 saturated carbocycles. The summed E-state index contributed by atoms with van der Waals surface area (Å²) in [4.78, 5) is 40.2. The minimum atomic E-state index is -0.0816. The number of imidazole rings is 1.